The van der Waals surface area contributed by atoms with Crippen molar-refractivity contribution in [1.29, 1.82) is 0 Å². The molecule has 0 unspecified atom stereocenters. The SMILES string of the molecule is [Cu].c1ccc2nccnc2c1. The van der Waals surface area contributed by atoms with Crippen LogP contribution < -0.4 is 0 Å². The van der Waals surface area contributed by atoms with Gasteiger partial charge in [-0.2, -0.15) is 0 Å². The molecule has 59 valence electrons. The Bertz CT molecular complexity index is 283. The molecule has 0 amide bonds. The van der Waals surface area contributed by atoms with Gasteiger partial charge < -0.3 is 0 Å². The number of rotatable bonds is 0. The molecule has 1 heterocycles. The van der Waals surface area contributed by atoms with Crippen LogP contribution in [0.25, 0.3) is 11.0 Å². The molecule has 1 radical (unpaired) electrons. The Morgan fingerprint density at radius 2 is 1.27 bits per heavy atom. The zero-order valence-corrected chi connectivity index (χ0v) is 6.60. The van der Waals surface area contributed by atoms with Gasteiger partial charge in [0.2, 0.25) is 0 Å². The molecule has 0 aliphatic heterocycles. The largest absolute Gasteiger partial charge is 0.253 e. The Morgan fingerprint density at radius 1 is 0.818 bits per heavy atom. The first kappa shape index (κ1) is 8.18. The zero-order valence-electron chi connectivity index (χ0n) is 5.66. The molecular formula is C8H6CuN2. The molecule has 0 N–H and O–H groups in total. The van der Waals surface area contributed by atoms with E-state index in [0.717, 1.165) is 11.0 Å². The number of benzene rings is 1. The molecule has 2 rings (SSSR count). The first-order valence-corrected chi connectivity index (χ1v) is 3.12. The molecular weight excluding hydrogens is 188 g/mol. The summed E-state index contributed by atoms with van der Waals surface area (Å²) in [5, 5.41) is 0. The third kappa shape index (κ3) is 1.56. The summed E-state index contributed by atoms with van der Waals surface area (Å²) in [6.45, 7) is 0. The van der Waals surface area contributed by atoms with Gasteiger partial charge in [-0.25, -0.2) is 0 Å². The van der Waals surface area contributed by atoms with Crippen LogP contribution in [0.1, 0.15) is 0 Å². The van der Waals surface area contributed by atoms with E-state index in [9.17, 15) is 0 Å². The van der Waals surface area contributed by atoms with Crippen molar-refractivity contribution in [2.24, 2.45) is 0 Å². The molecule has 2 nitrogen and oxygen atoms in total. The van der Waals surface area contributed by atoms with Gasteiger partial charge in [0.25, 0.3) is 0 Å². The van der Waals surface area contributed by atoms with E-state index in [-0.39, 0.29) is 17.1 Å². The molecule has 0 fully saturated rings. The van der Waals surface area contributed by atoms with Gasteiger partial charge in [0.05, 0.1) is 11.0 Å². The van der Waals surface area contributed by atoms with Gasteiger partial charge >= 0.3 is 0 Å². The van der Waals surface area contributed by atoms with Crippen LogP contribution in [0.2, 0.25) is 0 Å². The second-order valence-electron chi connectivity index (χ2n) is 2.05. The van der Waals surface area contributed by atoms with E-state index in [2.05, 4.69) is 9.97 Å². The van der Waals surface area contributed by atoms with Crippen molar-refractivity contribution in [2.45, 2.75) is 0 Å². The number of para-hydroxylation sites is 2. The number of aromatic nitrogens is 2. The quantitative estimate of drug-likeness (QED) is 0.595. The minimum atomic E-state index is 0. The number of hydrogen-bond acceptors (Lipinski definition) is 2. The predicted molar refractivity (Wildman–Crippen MR) is 39.5 cm³/mol. The standard InChI is InChI=1S/C8H6N2.Cu/c1-2-4-8-7(3-1)9-5-6-10-8;/h1-6H;. The zero-order chi connectivity index (χ0) is 6.81. The van der Waals surface area contributed by atoms with Crippen molar-refractivity contribution in [3.63, 3.8) is 0 Å². The van der Waals surface area contributed by atoms with Gasteiger partial charge in [-0.15, -0.1) is 0 Å². The summed E-state index contributed by atoms with van der Waals surface area (Å²) < 4.78 is 0. The summed E-state index contributed by atoms with van der Waals surface area (Å²) in [7, 11) is 0. The van der Waals surface area contributed by atoms with Gasteiger partial charge in [-0.1, -0.05) is 12.1 Å². The van der Waals surface area contributed by atoms with Crippen LogP contribution in [-0.2, 0) is 17.1 Å². The van der Waals surface area contributed by atoms with E-state index in [4.69, 9.17) is 0 Å². The molecule has 0 bridgehead atoms. The molecule has 0 aliphatic rings. The maximum Gasteiger partial charge on any atom is 0.0886 e. The molecule has 0 spiro atoms. The van der Waals surface area contributed by atoms with Crippen molar-refractivity contribution < 1.29 is 17.1 Å². The van der Waals surface area contributed by atoms with Crippen LogP contribution >= 0.6 is 0 Å². The van der Waals surface area contributed by atoms with Crippen LogP contribution in [0.15, 0.2) is 36.7 Å². The average Bonchev–Trinajstić information content (AvgIpc) is 2.05. The molecule has 2 aromatic rings. The van der Waals surface area contributed by atoms with Crippen molar-refractivity contribution >= 4 is 11.0 Å². The first-order chi connectivity index (χ1) is 4.97. The Kier molecular flexibility index (Phi) is 2.58. The van der Waals surface area contributed by atoms with Crippen molar-refractivity contribution in [3.8, 4) is 0 Å². The first-order valence-electron chi connectivity index (χ1n) is 3.12. The normalized spacial score (nSPS) is 9.09. The fourth-order valence-electron chi connectivity index (χ4n) is 0.910. The van der Waals surface area contributed by atoms with E-state index < -0.39 is 0 Å². The van der Waals surface area contributed by atoms with Gasteiger partial charge in [0, 0.05) is 29.5 Å². The van der Waals surface area contributed by atoms with E-state index in [0.29, 0.717) is 0 Å². The number of nitrogens with zero attached hydrogens (tertiary/aromatic N) is 2. The van der Waals surface area contributed by atoms with Crippen molar-refractivity contribution in [3.05, 3.63) is 36.7 Å². The van der Waals surface area contributed by atoms with E-state index in [1.807, 2.05) is 24.3 Å². The molecule has 11 heavy (non-hydrogen) atoms. The van der Waals surface area contributed by atoms with Gasteiger partial charge in [0.15, 0.2) is 0 Å². The number of fused-ring (bicyclic) bond motifs is 1. The van der Waals surface area contributed by atoms with Crippen LogP contribution in [0.4, 0.5) is 0 Å². The topological polar surface area (TPSA) is 25.8 Å². The Morgan fingerprint density at radius 3 is 1.73 bits per heavy atom. The fourth-order valence-corrected chi connectivity index (χ4v) is 0.910. The summed E-state index contributed by atoms with van der Waals surface area (Å²) in [5.74, 6) is 0. The van der Waals surface area contributed by atoms with E-state index in [1.165, 1.54) is 0 Å². The summed E-state index contributed by atoms with van der Waals surface area (Å²) in [6.07, 6.45) is 3.39. The predicted octanol–water partition coefficient (Wildman–Crippen LogP) is 1.63. The van der Waals surface area contributed by atoms with Crippen molar-refractivity contribution in [2.75, 3.05) is 0 Å². The molecule has 3 heteroatoms. The van der Waals surface area contributed by atoms with Gasteiger partial charge in [-0.05, 0) is 12.1 Å². The smallest absolute Gasteiger partial charge is 0.0886 e. The minimum Gasteiger partial charge on any atom is -0.253 e. The molecule has 0 saturated carbocycles. The second kappa shape index (κ2) is 3.46. The molecule has 0 atom stereocenters. The van der Waals surface area contributed by atoms with E-state index >= 15 is 0 Å². The summed E-state index contributed by atoms with van der Waals surface area (Å²) in [4.78, 5) is 8.24. The Labute approximate surface area is 75.1 Å². The molecule has 0 saturated heterocycles. The maximum absolute atomic E-state index is 4.12. The summed E-state index contributed by atoms with van der Waals surface area (Å²) >= 11 is 0. The van der Waals surface area contributed by atoms with Crippen LogP contribution in [-0.4, -0.2) is 9.97 Å². The second-order valence-corrected chi connectivity index (χ2v) is 2.05. The summed E-state index contributed by atoms with van der Waals surface area (Å²) in [6, 6.07) is 7.80. The van der Waals surface area contributed by atoms with Crippen LogP contribution in [0.3, 0.4) is 0 Å². The third-order valence-electron chi connectivity index (χ3n) is 1.38. The summed E-state index contributed by atoms with van der Waals surface area (Å²) in [5.41, 5.74) is 1.90. The third-order valence-corrected chi connectivity index (χ3v) is 1.38. The average molecular weight is 194 g/mol. The minimum absolute atomic E-state index is 0. The maximum atomic E-state index is 4.12. The Hall–Kier alpha value is -0.921. The van der Waals surface area contributed by atoms with E-state index in [1.54, 1.807) is 12.4 Å². The van der Waals surface area contributed by atoms with Crippen LogP contribution in [0, 0.1) is 0 Å². The molecule has 1 aromatic carbocycles. The van der Waals surface area contributed by atoms with Gasteiger partial charge in [-0.3, -0.25) is 9.97 Å². The van der Waals surface area contributed by atoms with Gasteiger partial charge in [0.1, 0.15) is 0 Å². The number of hydrogen-bond donors (Lipinski definition) is 0. The van der Waals surface area contributed by atoms with Crippen molar-refractivity contribution in [1.82, 2.24) is 9.97 Å². The monoisotopic (exact) mass is 193 g/mol. The molecule has 0 aliphatic carbocycles. The molecule has 1 aromatic heterocycles. The fraction of sp³-hybridized carbons (Fsp3) is 0. The Balaban J connectivity index is 0.000000605. The van der Waals surface area contributed by atoms with Crippen LogP contribution in [0.5, 0.6) is 0 Å².